The minimum atomic E-state index is -0.807. The summed E-state index contributed by atoms with van der Waals surface area (Å²) >= 11 is 0. The van der Waals surface area contributed by atoms with Gasteiger partial charge in [0.05, 0.1) is 18.2 Å². The maximum absolute atomic E-state index is 13.6. The molecule has 1 N–H and O–H groups in total. The van der Waals surface area contributed by atoms with E-state index in [9.17, 15) is 14.4 Å². The summed E-state index contributed by atoms with van der Waals surface area (Å²) in [6.07, 6.45) is 9.66. The summed E-state index contributed by atoms with van der Waals surface area (Å²) in [5, 5.41) is 2.78. The van der Waals surface area contributed by atoms with Gasteiger partial charge in [0.25, 0.3) is 5.91 Å². The minimum Gasteiger partial charge on any atom is -0.336 e. The lowest BCUT2D eigenvalue weighted by Crippen LogP contribution is -2.60. The van der Waals surface area contributed by atoms with Crippen molar-refractivity contribution < 1.29 is 14.4 Å². The molecule has 36 heavy (non-hydrogen) atoms. The molecule has 7 heteroatoms. The number of rotatable bonds is 4. The number of imide groups is 1. The summed E-state index contributed by atoms with van der Waals surface area (Å²) in [4.78, 5) is 45.5. The zero-order valence-corrected chi connectivity index (χ0v) is 21.5. The average Bonchev–Trinajstić information content (AvgIpc) is 3.16. The van der Waals surface area contributed by atoms with Gasteiger partial charge in [0.15, 0.2) is 0 Å². The summed E-state index contributed by atoms with van der Waals surface area (Å²) in [7, 11) is 0. The molecule has 4 saturated heterocycles. The van der Waals surface area contributed by atoms with Crippen LogP contribution in [0.3, 0.4) is 0 Å². The Balaban J connectivity index is 1.17. The third kappa shape index (κ3) is 4.05. The van der Waals surface area contributed by atoms with Crippen molar-refractivity contribution in [1.29, 1.82) is 0 Å². The van der Waals surface area contributed by atoms with Crippen LogP contribution in [0.2, 0.25) is 0 Å². The molecule has 4 heterocycles. The van der Waals surface area contributed by atoms with E-state index in [1.54, 1.807) is 0 Å². The second-order valence-electron chi connectivity index (χ2n) is 11.7. The van der Waals surface area contributed by atoms with E-state index in [1.165, 1.54) is 42.7 Å². The monoisotopic (exact) mass is 490 g/mol. The minimum absolute atomic E-state index is 0.0135. The molecule has 7 nitrogen and oxygen atoms in total. The van der Waals surface area contributed by atoms with Crippen LogP contribution in [0.15, 0.2) is 35.9 Å². The van der Waals surface area contributed by atoms with Crippen LogP contribution < -0.4 is 10.2 Å². The number of carbonyl (C=O) groups excluding carboxylic acids is 3. The first-order valence-electron chi connectivity index (χ1n) is 13.9. The Morgan fingerprint density at radius 3 is 2.67 bits per heavy atom. The molecule has 1 aromatic carbocycles. The van der Waals surface area contributed by atoms with Crippen LogP contribution in [-0.4, -0.2) is 65.4 Å². The van der Waals surface area contributed by atoms with Gasteiger partial charge in [0.2, 0.25) is 5.91 Å². The van der Waals surface area contributed by atoms with Gasteiger partial charge in [-0.15, -0.1) is 0 Å². The van der Waals surface area contributed by atoms with Crippen LogP contribution in [0.1, 0.15) is 70.3 Å². The molecule has 0 aromatic heterocycles. The fourth-order valence-electron chi connectivity index (χ4n) is 7.47. The predicted octanol–water partition coefficient (Wildman–Crippen LogP) is 4.05. The number of benzene rings is 1. The number of likely N-dealkylation sites (tertiary alicyclic amines) is 1. The van der Waals surface area contributed by atoms with E-state index in [4.69, 9.17) is 0 Å². The lowest BCUT2D eigenvalue weighted by molar-refractivity contribution is -0.138. The van der Waals surface area contributed by atoms with Crippen LogP contribution >= 0.6 is 0 Å². The first kappa shape index (κ1) is 23.7. The van der Waals surface area contributed by atoms with Crippen molar-refractivity contribution in [2.75, 3.05) is 24.5 Å². The van der Waals surface area contributed by atoms with Crippen molar-refractivity contribution in [3.63, 3.8) is 0 Å². The normalized spacial score (nSPS) is 32.2. The van der Waals surface area contributed by atoms with Gasteiger partial charge in [0, 0.05) is 19.1 Å². The van der Waals surface area contributed by atoms with Gasteiger partial charge in [0.1, 0.15) is 6.04 Å². The summed E-state index contributed by atoms with van der Waals surface area (Å²) in [6.45, 7) is 7.21. The van der Waals surface area contributed by atoms with Crippen LogP contribution in [-0.2, 0) is 9.59 Å². The van der Waals surface area contributed by atoms with E-state index >= 15 is 0 Å². The average molecular weight is 491 g/mol. The topological polar surface area (TPSA) is 73.0 Å². The molecule has 0 radical (unpaired) electrons. The molecule has 192 valence electrons. The maximum Gasteiger partial charge on any atom is 0.329 e. The second kappa shape index (κ2) is 9.33. The Kier molecular flexibility index (Phi) is 6.14. The Morgan fingerprint density at radius 1 is 1.08 bits per heavy atom. The number of amides is 4. The van der Waals surface area contributed by atoms with E-state index in [0.29, 0.717) is 29.5 Å². The van der Waals surface area contributed by atoms with Gasteiger partial charge in [-0.3, -0.25) is 14.5 Å². The lowest BCUT2D eigenvalue weighted by Gasteiger charge is -2.54. The van der Waals surface area contributed by atoms with Gasteiger partial charge >= 0.3 is 6.03 Å². The molecule has 5 unspecified atom stereocenters. The largest absolute Gasteiger partial charge is 0.336 e. The molecule has 2 bridgehead atoms. The number of hydrogen-bond donors (Lipinski definition) is 1. The zero-order valence-electron chi connectivity index (χ0n) is 21.5. The van der Waals surface area contributed by atoms with E-state index < -0.39 is 12.1 Å². The van der Waals surface area contributed by atoms with Crippen LogP contribution in [0, 0.1) is 11.8 Å². The molecule has 4 amide bonds. The van der Waals surface area contributed by atoms with Crippen LogP contribution in [0.5, 0.6) is 0 Å². The standard InChI is InChI=1S/C29H38N4O3/c1-18(2)19-8-10-23(11-9-19)33-28(35)24(30-29(33)36)16-26(34)32-13-5-6-20-14-21-15-22(27(20)32)17-31-12-4-3-7-25(21)31/h8-11,14,18,21-22,24-25,27H,3-7,12-13,15-17H2,1-2H3,(H,30,36). The highest BCUT2D eigenvalue weighted by Gasteiger charge is 2.48. The van der Waals surface area contributed by atoms with Crippen molar-refractivity contribution in [2.45, 2.75) is 82.8 Å². The van der Waals surface area contributed by atoms with Crippen molar-refractivity contribution in [3.8, 4) is 0 Å². The van der Waals surface area contributed by atoms with E-state index in [-0.39, 0.29) is 24.3 Å². The van der Waals surface area contributed by atoms with Crippen molar-refractivity contribution in [3.05, 3.63) is 41.5 Å². The molecular formula is C29H38N4O3. The third-order valence-electron chi connectivity index (χ3n) is 9.19. The van der Waals surface area contributed by atoms with Gasteiger partial charge < -0.3 is 10.2 Å². The van der Waals surface area contributed by atoms with Gasteiger partial charge in [-0.2, -0.15) is 0 Å². The number of urea groups is 1. The predicted molar refractivity (Wildman–Crippen MR) is 139 cm³/mol. The Labute approximate surface area is 213 Å². The van der Waals surface area contributed by atoms with E-state index in [1.807, 2.05) is 29.2 Å². The zero-order chi connectivity index (χ0) is 25.0. The quantitative estimate of drug-likeness (QED) is 0.511. The summed E-state index contributed by atoms with van der Waals surface area (Å²) in [5.41, 5.74) is 3.14. The first-order chi connectivity index (χ1) is 17.4. The van der Waals surface area contributed by atoms with Crippen LogP contribution in [0.4, 0.5) is 10.5 Å². The number of piperidine rings is 3. The SMILES string of the molecule is CC(C)c1ccc(N2C(=O)NC(CC(=O)N3CCCC4=CC5CC(CN6CCCCC56)C43)C2=O)cc1. The molecule has 6 rings (SSSR count). The fraction of sp³-hybridized carbons (Fsp3) is 0.621. The highest BCUT2D eigenvalue weighted by Crippen LogP contribution is 2.45. The summed E-state index contributed by atoms with van der Waals surface area (Å²) in [6, 6.07) is 7.11. The smallest absolute Gasteiger partial charge is 0.329 e. The summed E-state index contributed by atoms with van der Waals surface area (Å²) < 4.78 is 0. The van der Waals surface area contributed by atoms with Gasteiger partial charge in [-0.05, 0) is 74.1 Å². The maximum atomic E-state index is 13.6. The first-order valence-corrected chi connectivity index (χ1v) is 13.9. The van der Waals surface area contributed by atoms with Crippen LogP contribution in [0.25, 0.3) is 0 Å². The Hall–Kier alpha value is -2.67. The van der Waals surface area contributed by atoms with Gasteiger partial charge in [-0.25, -0.2) is 9.69 Å². The fourth-order valence-corrected chi connectivity index (χ4v) is 7.47. The number of anilines is 1. The van der Waals surface area contributed by atoms with Crippen molar-refractivity contribution >= 4 is 23.5 Å². The molecule has 4 aliphatic heterocycles. The highest BCUT2D eigenvalue weighted by atomic mass is 16.2. The molecule has 5 atom stereocenters. The second-order valence-corrected chi connectivity index (χ2v) is 11.7. The molecule has 1 aliphatic carbocycles. The number of carbonyl (C=O) groups is 3. The highest BCUT2D eigenvalue weighted by molar-refractivity contribution is 6.22. The third-order valence-corrected chi connectivity index (χ3v) is 9.19. The van der Waals surface area contributed by atoms with E-state index in [0.717, 1.165) is 31.5 Å². The Bertz CT molecular complexity index is 1080. The van der Waals surface area contributed by atoms with Crippen molar-refractivity contribution in [1.82, 2.24) is 15.1 Å². The molecule has 5 aliphatic rings. The number of hydrogen-bond acceptors (Lipinski definition) is 4. The number of fused-ring (bicyclic) bond motifs is 6. The molecule has 4 fully saturated rings. The molecule has 0 spiro atoms. The lowest BCUT2D eigenvalue weighted by atomic mass is 9.68. The van der Waals surface area contributed by atoms with E-state index in [2.05, 4.69) is 30.1 Å². The van der Waals surface area contributed by atoms with Gasteiger partial charge in [-0.1, -0.05) is 44.1 Å². The molecular weight excluding hydrogens is 452 g/mol. The molecule has 0 saturated carbocycles. The van der Waals surface area contributed by atoms with Crippen molar-refractivity contribution in [2.24, 2.45) is 11.8 Å². The number of nitrogens with zero attached hydrogens (tertiary/aromatic N) is 3. The Morgan fingerprint density at radius 2 is 1.89 bits per heavy atom. The summed E-state index contributed by atoms with van der Waals surface area (Å²) in [5.74, 6) is 1.11. The molecule has 1 aromatic rings. The number of nitrogens with one attached hydrogen (secondary N) is 1.